The Kier molecular flexibility index (Phi) is 7.36. The average Bonchev–Trinajstić information content (AvgIpc) is 3.59. The fraction of sp³-hybridized carbons (Fsp3) is 0.172. The summed E-state index contributed by atoms with van der Waals surface area (Å²) in [5.74, 6) is 1.42. The van der Waals surface area contributed by atoms with E-state index in [2.05, 4.69) is 10.1 Å². The number of benzene rings is 3. The summed E-state index contributed by atoms with van der Waals surface area (Å²) in [6.07, 6.45) is 2.86. The standard InChI is InChI=1S/C29H26N4O4/c1-35-27(34)17-14-24-19-33(31-28(24)22-8-4-2-5-9-22)18-21-12-15-25(16-13-21)36-20-26-30-29(37-32-26)23-10-6-3-7-11-23/h2-13,15-16,19H,14,17-18,20H2,1H3. The van der Waals surface area contributed by atoms with Gasteiger partial charge in [0.1, 0.15) is 5.75 Å². The molecule has 0 saturated carbocycles. The van der Waals surface area contributed by atoms with Crippen LogP contribution in [0.4, 0.5) is 0 Å². The first-order chi connectivity index (χ1) is 18.2. The van der Waals surface area contributed by atoms with Crippen molar-refractivity contribution in [1.29, 1.82) is 0 Å². The van der Waals surface area contributed by atoms with Crippen molar-refractivity contribution in [2.75, 3.05) is 7.11 Å². The summed E-state index contributed by atoms with van der Waals surface area (Å²) < 4.78 is 17.9. The molecular formula is C29H26N4O4. The van der Waals surface area contributed by atoms with Crippen molar-refractivity contribution in [3.05, 3.63) is 108 Å². The van der Waals surface area contributed by atoms with Gasteiger partial charge in [0.05, 0.1) is 19.3 Å². The molecule has 3 aromatic carbocycles. The van der Waals surface area contributed by atoms with E-state index in [0.29, 0.717) is 36.9 Å². The molecule has 0 saturated heterocycles. The number of esters is 1. The van der Waals surface area contributed by atoms with Crippen LogP contribution in [0.15, 0.2) is 95.6 Å². The van der Waals surface area contributed by atoms with Gasteiger partial charge in [0, 0.05) is 23.7 Å². The number of hydrogen-bond donors (Lipinski definition) is 0. The second-order valence-corrected chi connectivity index (χ2v) is 8.46. The van der Waals surface area contributed by atoms with Gasteiger partial charge >= 0.3 is 5.97 Å². The van der Waals surface area contributed by atoms with Crippen LogP contribution in [0.5, 0.6) is 5.75 Å². The van der Waals surface area contributed by atoms with Crippen LogP contribution >= 0.6 is 0 Å². The third-order valence-corrected chi connectivity index (χ3v) is 5.84. The molecule has 0 amide bonds. The second-order valence-electron chi connectivity index (χ2n) is 8.46. The summed E-state index contributed by atoms with van der Waals surface area (Å²) in [5.41, 5.74) is 4.83. The van der Waals surface area contributed by atoms with Crippen LogP contribution in [0.25, 0.3) is 22.7 Å². The van der Waals surface area contributed by atoms with Crippen LogP contribution in [0.2, 0.25) is 0 Å². The first-order valence-electron chi connectivity index (χ1n) is 12.0. The molecule has 0 atom stereocenters. The Morgan fingerprint density at radius 2 is 1.62 bits per heavy atom. The quantitative estimate of drug-likeness (QED) is 0.242. The van der Waals surface area contributed by atoms with Crippen molar-refractivity contribution in [1.82, 2.24) is 19.9 Å². The zero-order valence-electron chi connectivity index (χ0n) is 20.4. The number of methoxy groups -OCH3 is 1. The van der Waals surface area contributed by atoms with Crippen LogP contribution in [0.3, 0.4) is 0 Å². The normalized spacial score (nSPS) is 10.8. The van der Waals surface area contributed by atoms with Gasteiger partial charge in [0.15, 0.2) is 6.61 Å². The monoisotopic (exact) mass is 494 g/mol. The van der Waals surface area contributed by atoms with Crippen molar-refractivity contribution in [3.63, 3.8) is 0 Å². The lowest BCUT2D eigenvalue weighted by molar-refractivity contribution is -0.140. The summed E-state index contributed by atoms with van der Waals surface area (Å²) in [6.45, 7) is 0.794. The smallest absolute Gasteiger partial charge is 0.305 e. The lowest BCUT2D eigenvalue weighted by Crippen LogP contribution is -2.02. The molecular weight excluding hydrogens is 468 g/mol. The van der Waals surface area contributed by atoms with Gasteiger partial charge in [-0.1, -0.05) is 65.8 Å². The molecule has 0 bridgehead atoms. The predicted molar refractivity (Wildman–Crippen MR) is 138 cm³/mol. The third kappa shape index (κ3) is 6.10. The minimum atomic E-state index is -0.237. The molecule has 2 heterocycles. The highest BCUT2D eigenvalue weighted by molar-refractivity contribution is 5.70. The van der Waals surface area contributed by atoms with Crippen molar-refractivity contribution in [2.45, 2.75) is 26.0 Å². The Morgan fingerprint density at radius 3 is 2.32 bits per heavy atom. The minimum Gasteiger partial charge on any atom is -0.485 e. The second kappa shape index (κ2) is 11.3. The number of nitrogens with zero attached hydrogens (tertiary/aromatic N) is 4. The van der Waals surface area contributed by atoms with Gasteiger partial charge in [-0.3, -0.25) is 9.48 Å². The average molecular weight is 495 g/mol. The van der Waals surface area contributed by atoms with Crippen LogP contribution in [0.1, 0.15) is 23.4 Å². The number of aromatic nitrogens is 4. The maximum atomic E-state index is 11.7. The van der Waals surface area contributed by atoms with Gasteiger partial charge in [-0.2, -0.15) is 10.1 Å². The number of aryl methyl sites for hydroxylation is 1. The first-order valence-corrected chi connectivity index (χ1v) is 12.0. The molecule has 0 aliphatic rings. The highest BCUT2D eigenvalue weighted by Gasteiger charge is 2.14. The van der Waals surface area contributed by atoms with Gasteiger partial charge in [0.2, 0.25) is 5.82 Å². The largest absolute Gasteiger partial charge is 0.485 e. The van der Waals surface area contributed by atoms with Gasteiger partial charge in [-0.15, -0.1) is 0 Å². The van der Waals surface area contributed by atoms with Crippen molar-refractivity contribution in [2.24, 2.45) is 0 Å². The van der Waals surface area contributed by atoms with E-state index in [-0.39, 0.29) is 12.6 Å². The van der Waals surface area contributed by atoms with Gasteiger partial charge in [0.25, 0.3) is 5.89 Å². The number of rotatable bonds is 10. The van der Waals surface area contributed by atoms with E-state index in [1.165, 1.54) is 7.11 Å². The molecule has 186 valence electrons. The van der Waals surface area contributed by atoms with Crippen LogP contribution in [-0.4, -0.2) is 33.0 Å². The highest BCUT2D eigenvalue weighted by Crippen LogP contribution is 2.24. The van der Waals surface area contributed by atoms with E-state index in [1.54, 1.807) is 0 Å². The lowest BCUT2D eigenvalue weighted by Gasteiger charge is -2.06. The minimum absolute atomic E-state index is 0.207. The fourth-order valence-electron chi connectivity index (χ4n) is 3.94. The molecule has 37 heavy (non-hydrogen) atoms. The van der Waals surface area contributed by atoms with E-state index >= 15 is 0 Å². The van der Waals surface area contributed by atoms with Crippen molar-refractivity contribution in [3.8, 4) is 28.5 Å². The van der Waals surface area contributed by atoms with E-state index in [9.17, 15) is 4.79 Å². The number of ether oxygens (including phenoxy) is 2. The molecule has 0 spiro atoms. The highest BCUT2D eigenvalue weighted by atomic mass is 16.5. The topological polar surface area (TPSA) is 92.3 Å². The predicted octanol–water partition coefficient (Wildman–Crippen LogP) is 5.33. The fourth-order valence-corrected chi connectivity index (χ4v) is 3.94. The SMILES string of the molecule is COC(=O)CCc1cn(Cc2ccc(OCc3noc(-c4ccccc4)n3)cc2)nc1-c1ccccc1. The summed E-state index contributed by atoms with van der Waals surface area (Å²) in [6, 6.07) is 27.4. The Labute approximate surface area is 214 Å². The zero-order chi connectivity index (χ0) is 25.5. The summed E-state index contributed by atoms with van der Waals surface area (Å²) in [5, 5.41) is 8.81. The van der Waals surface area contributed by atoms with E-state index in [0.717, 1.165) is 27.9 Å². The summed E-state index contributed by atoms with van der Waals surface area (Å²) in [4.78, 5) is 16.1. The van der Waals surface area contributed by atoms with Crippen LogP contribution in [0, 0.1) is 0 Å². The Bertz CT molecular complexity index is 1440. The van der Waals surface area contributed by atoms with Crippen molar-refractivity contribution >= 4 is 5.97 Å². The zero-order valence-corrected chi connectivity index (χ0v) is 20.4. The van der Waals surface area contributed by atoms with E-state index in [4.69, 9.17) is 19.1 Å². The van der Waals surface area contributed by atoms with Gasteiger partial charge in [-0.05, 0) is 41.8 Å². The number of hydrogen-bond acceptors (Lipinski definition) is 7. The maximum Gasteiger partial charge on any atom is 0.305 e. The molecule has 5 rings (SSSR count). The molecule has 0 fully saturated rings. The van der Waals surface area contributed by atoms with Crippen LogP contribution in [-0.2, 0) is 29.1 Å². The molecule has 0 aliphatic carbocycles. The Balaban J connectivity index is 1.23. The third-order valence-electron chi connectivity index (χ3n) is 5.84. The molecule has 2 aromatic heterocycles. The van der Waals surface area contributed by atoms with Crippen LogP contribution < -0.4 is 4.74 Å². The maximum absolute atomic E-state index is 11.7. The van der Waals surface area contributed by atoms with E-state index in [1.807, 2.05) is 95.8 Å². The van der Waals surface area contributed by atoms with Gasteiger partial charge < -0.3 is 14.0 Å². The molecule has 0 unspecified atom stereocenters. The molecule has 8 heteroatoms. The molecule has 0 aliphatic heterocycles. The number of carbonyl (C=O) groups is 1. The Morgan fingerprint density at radius 1 is 0.919 bits per heavy atom. The van der Waals surface area contributed by atoms with Crippen molar-refractivity contribution < 1.29 is 18.8 Å². The molecule has 0 N–H and O–H groups in total. The Hall–Kier alpha value is -4.72. The summed E-state index contributed by atoms with van der Waals surface area (Å²) in [7, 11) is 1.40. The molecule has 5 aromatic rings. The molecule has 0 radical (unpaired) electrons. The lowest BCUT2D eigenvalue weighted by atomic mass is 10.0. The first kappa shape index (κ1) is 24.0. The number of carbonyl (C=O) groups excluding carboxylic acids is 1. The molecule has 8 nitrogen and oxygen atoms in total. The van der Waals surface area contributed by atoms with Gasteiger partial charge in [-0.25, -0.2) is 0 Å². The van der Waals surface area contributed by atoms with E-state index < -0.39 is 0 Å². The summed E-state index contributed by atoms with van der Waals surface area (Å²) >= 11 is 0.